The molecule has 4 nitrogen and oxygen atoms in total. The van der Waals surface area contributed by atoms with Gasteiger partial charge >= 0.3 is 0 Å². The van der Waals surface area contributed by atoms with E-state index in [9.17, 15) is 0 Å². The van der Waals surface area contributed by atoms with Crippen molar-refractivity contribution >= 4 is 0 Å². The fourth-order valence-electron chi connectivity index (χ4n) is 0.749. The first kappa shape index (κ1) is 13.4. The SMILES string of the molecule is CN(C)CCCCCN.NN. The first-order valence-corrected chi connectivity index (χ1v) is 3.95. The Kier molecular flexibility index (Phi) is 15.3. The number of hydrazine groups is 1. The number of nitrogens with two attached hydrogens (primary N) is 3. The molecule has 0 heterocycles. The van der Waals surface area contributed by atoms with Gasteiger partial charge in [0, 0.05) is 0 Å². The zero-order valence-electron chi connectivity index (χ0n) is 7.71. The molecule has 70 valence electrons. The molecule has 11 heavy (non-hydrogen) atoms. The fourth-order valence-corrected chi connectivity index (χ4v) is 0.749. The molecule has 0 spiro atoms. The molecular weight excluding hydrogens is 140 g/mol. The molecule has 0 amide bonds. The van der Waals surface area contributed by atoms with Crippen LogP contribution in [0.4, 0.5) is 0 Å². The van der Waals surface area contributed by atoms with Crippen LogP contribution >= 0.6 is 0 Å². The molecule has 0 rings (SSSR count). The van der Waals surface area contributed by atoms with Crippen LogP contribution in [0.2, 0.25) is 0 Å². The molecule has 0 aliphatic rings. The van der Waals surface area contributed by atoms with Gasteiger partial charge in [-0.3, -0.25) is 11.7 Å². The minimum atomic E-state index is 0.841. The summed E-state index contributed by atoms with van der Waals surface area (Å²) in [5.74, 6) is 8.00. The van der Waals surface area contributed by atoms with Gasteiger partial charge in [-0.1, -0.05) is 6.42 Å². The summed E-state index contributed by atoms with van der Waals surface area (Å²) in [7, 11) is 4.20. The lowest BCUT2D eigenvalue weighted by molar-refractivity contribution is 0.392. The molecular formula is C7H22N4. The Morgan fingerprint density at radius 3 is 1.91 bits per heavy atom. The van der Waals surface area contributed by atoms with Crippen molar-refractivity contribution in [2.75, 3.05) is 27.2 Å². The lowest BCUT2D eigenvalue weighted by Gasteiger charge is -2.07. The minimum Gasteiger partial charge on any atom is -0.330 e. The Morgan fingerprint density at radius 2 is 1.55 bits per heavy atom. The van der Waals surface area contributed by atoms with Gasteiger partial charge in [0.2, 0.25) is 0 Å². The molecule has 0 saturated heterocycles. The third kappa shape index (κ3) is 17.7. The van der Waals surface area contributed by atoms with Crippen molar-refractivity contribution in [3.8, 4) is 0 Å². The lowest BCUT2D eigenvalue weighted by Crippen LogP contribution is -2.13. The van der Waals surface area contributed by atoms with Gasteiger partial charge in [0.25, 0.3) is 0 Å². The van der Waals surface area contributed by atoms with E-state index in [0.717, 1.165) is 6.54 Å². The molecule has 6 N–H and O–H groups in total. The third-order valence-electron chi connectivity index (χ3n) is 1.31. The maximum absolute atomic E-state index is 5.33. The Balaban J connectivity index is 0. The zero-order valence-corrected chi connectivity index (χ0v) is 7.71. The lowest BCUT2D eigenvalue weighted by atomic mass is 10.2. The molecule has 0 aromatic carbocycles. The molecule has 0 radical (unpaired) electrons. The highest BCUT2D eigenvalue weighted by Gasteiger charge is 1.88. The number of nitrogens with zero attached hydrogens (tertiary/aromatic N) is 1. The highest BCUT2D eigenvalue weighted by molar-refractivity contribution is 4.45. The standard InChI is InChI=1S/C7H18N2.H4N2/c1-9(2)7-5-3-4-6-8;1-2/h3-8H2,1-2H3;1-2H2. The van der Waals surface area contributed by atoms with Gasteiger partial charge in [-0.05, 0) is 40.0 Å². The average Bonchev–Trinajstić information content (AvgIpc) is 2.02. The summed E-state index contributed by atoms with van der Waals surface area (Å²) in [5, 5.41) is 0. The largest absolute Gasteiger partial charge is 0.330 e. The summed E-state index contributed by atoms with van der Waals surface area (Å²) in [6.07, 6.45) is 3.73. The van der Waals surface area contributed by atoms with Gasteiger partial charge in [0.15, 0.2) is 0 Å². The van der Waals surface area contributed by atoms with Gasteiger partial charge < -0.3 is 10.6 Å². The van der Waals surface area contributed by atoms with Crippen LogP contribution in [-0.4, -0.2) is 32.1 Å². The summed E-state index contributed by atoms with van der Waals surface area (Å²) < 4.78 is 0. The summed E-state index contributed by atoms with van der Waals surface area (Å²) in [5.41, 5.74) is 5.33. The first-order chi connectivity index (χ1) is 5.27. The molecule has 0 saturated carbocycles. The van der Waals surface area contributed by atoms with E-state index in [-0.39, 0.29) is 0 Å². The Hall–Kier alpha value is -0.160. The van der Waals surface area contributed by atoms with Gasteiger partial charge in [-0.15, -0.1) is 0 Å². The minimum absolute atomic E-state index is 0.841. The predicted molar refractivity (Wildman–Crippen MR) is 49.8 cm³/mol. The summed E-state index contributed by atoms with van der Waals surface area (Å²) in [6, 6.07) is 0. The number of unbranched alkanes of at least 4 members (excludes halogenated alkanes) is 2. The summed E-state index contributed by atoms with van der Waals surface area (Å²) in [6.45, 7) is 2.04. The highest BCUT2D eigenvalue weighted by atomic mass is 15.0. The van der Waals surface area contributed by atoms with Crippen LogP contribution in [0, 0.1) is 0 Å². The van der Waals surface area contributed by atoms with Gasteiger partial charge in [-0.25, -0.2) is 0 Å². The molecule has 4 heteroatoms. The molecule has 0 unspecified atom stereocenters. The molecule has 0 fully saturated rings. The third-order valence-corrected chi connectivity index (χ3v) is 1.31. The fraction of sp³-hybridized carbons (Fsp3) is 1.00. The van der Waals surface area contributed by atoms with Crippen molar-refractivity contribution in [3.05, 3.63) is 0 Å². The monoisotopic (exact) mass is 162 g/mol. The molecule has 0 aliphatic heterocycles. The van der Waals surface area contributed by atoms with E-state index < -0.39 is 0 Å². The second-order valence-corrected chi connectivity index (χ2v) is 2.65. The van der Waals surface area contributed by atoms with E-state index in [1.54, 1.807) is 0 Å². The maximum Gasteiger partial charge on any atom is -0.00248 e. The van der Waals surface area contributed by atoms with Crippen LogP contribution in [0.3, 0.4) is 0 Å². The van der Waals surface area contributed by atoms with Gasteiger partial charge in [0.1, 0.15) is 0 Å². The summed E-state index contributed by atoms with van der Waals surface area (Å²) >= 11 is 0. The number of hydrogen-bond donors (Lipinski definition) is 3. The van der Waals surface area contributed by atoms with E-state index in [1.165, 1.54) is 25.8 Å². The topological polar surface area (TPSA) is 81.3 Å². The van der Waals surface area contributed by atoms with Crippen LogP contribution in [0.1, 0.15) is 19.3 Å². The molecule has 0 atom stereocenters. The second-order valence-electron chi connectivity index (χ2n) is 2.65. The van der Waals surface area contributed by atoms with Crippen molar-refractivity contribution < 1.29 is 0 Å². The molecule has 0 aliphatic carbocycles. The van der Waals surface area contributed by atoms with Crippen LogP contribution < -0.4 is 17.4 Å². The zero-order chi connectivity index (χ0) is 9.11. The average molecular weight is 162 g/mol. The normalized spacial score (nSPS) is 9.27. The van der Waals surface area contributed by atoms with Crippen molar-refractivity contribution in [2.45, 2.75) is 19.3 Å². The number of rotatable bonds is 5. The molecule has 0 bridgehead atoms. The van der Waals surface area contributed by atoms with Crippen LogP contribution in [-0.2, 0) is 0 Å². The van der Waals surface area contributed by atoms with Gasteiger partial charge in [-0.2, -0.15) is 0 Å². The van der Waals surface area contributed by atoms with Crippen LogP contribution in [0.5, 0.6) is 0 Å². The molecule has 0 aromatic heterocycles. The van der Waals surface area contributed by atoms with Crippen LogP contribution in [0.15, 0.2) is 0 Å². The molecule has 0 aromatic rings. The van der Waals surface area contributed by atoms with Crippen molar-refractivity contribution in [2.24, 2.45) is 17.4 Å². The van der Waals surface area contributed by atoms with E-state index in [2.05, 4.69) is 30.7 Å². The van der Waals surface area contributed by atoms with E-state index in [1.807, 2.05) is 0 Å². The van der Waals surface area contributed by atoms with Gasteiger partial charge in [0.05, 0.1) is 0 Å². The Labute approximate surface area is 69.7 Å². The van der Waals surface area contributed by atoms with Crippen molar-refractivity contribution in [3.63, 3.8) is 0 Å². The van der Waals surface area contributed by atoms with Crippen molar-refractivity contribution in [1.29, 1.82) is 0 Å². The number of hydrogen-bond acceptors (Lipinski definition) is 4. The Morgan fingerprint density at radius 1 is 1.00 bits per heavy atom. The maximum atomic E-state index is 5.33. The summed E-state index contributed by atoms with van der Waals surface area (Å²) in [4.78, 5) is 2.20. The second kappa shape index (κ2) is 12.5. The quantitative estimate of drug-likeness (QED) is 0.289. The van der Waals surface area contributed by atoms with E-state index in [4.69, 9.17) is 5.73 Å². The first-order valence-electron chi connectivity index (χ1n) is 3.95. The smallest absolute Gasteiger partial charge is 0.00248 e. The predicted octanol–water partition coefficient (Wildman–Crippen LogP) is -0.504. The highest BCUT2D eigenvalue weighted by Crippen LogP contribution is 1.93. The van der Waals surface area contributed by atoms with Crippen molar-refractivity contribution in [1.82, 2.24) is 4.90 Å². The van der Waals surface area contributed by atoms with E-state index in [0.29, 0.717) is 0 Å². The Bertz CT molecular complexity index is 56.4. The van der Waals surface area contributed by atoms with E-state index >= 15 is 0 Å². The van der Waals surface area contributed by atoms with Crippen LogP contribution in [0.25, 0.3) is 0 Å².